The molecule has 0 aromatic carbocycles. The van der Waals surface area contributed by atoms with Crippen LogP contribution in [0.25, 0.3) is 0 Å². The zero-order valence-corrected chi connectivity index (χ0v) is 8.07. The van der Waals surface area contributed by atoms with E-state index in [2.05, 4.69) is 21.3 Å². The number of nitriles is 1. The number of likely N-dealkylation sites (N-methyl/N-ethyl adjacent to an activating group) is 1. The summed E-state index contributed by atoms with van der Waals surface area (Å²) in [4.78, 5) is 6.35. The predicted molar refractivity (Wildman–Crippen MR) is 54.0 cm³/mol. The summed E-state index contributed by atoms with van der Waals surface area (Å²) >= 11 is 0. The van der Waals surface area contributed by atoms with Gasteiger partial charge in [0.05, 0.1) is 17.7 Å². The molecular formula is C10H12N4. The number of aromatic nitrogens is 1. The molecule has 14 heavy (non-hydrogen) atoms. The molecule has 0 atom stereocenters. The van der Waals surface area contributed by atoms with Crippen molar-refractivity contribution in [2.45, 2.75) is 6.04 Å². The Morgan fingerprint density at radius 2 is 2.43 bits per heavy atom. The lowest BCUT2D eigenvalue weighted by atomic mass is 10.1. The molecule has 0 bridgehead atoms. The van der Waals surface area contributed by atoms with E-state index in [-0.39, 0.29) is 0 Å². The molecule has 4 nitrogen and oxygen atoms in total. The Kier molecular flexibility index (Phi) is 2.33. The largest absolute Gasteiger partial charge is 0.354 e. The van der Waals surface area contributed by atoms with Crippen molar-refractivity contribution in [1.29, 1.82) is 5.26 Å². The number of hydrogen-bond acceptors (Lipinski definition) is 4. The molecule has 0 radical (unpaired) electrons. The Hall–Kier alpha value is -1.60. The molecule has 2 rings (SSSR count). The number of pyridine rings is 1. The Labute approximate surface area is 83.2 Å². The Morgan fingerprint density at radius 3 is 3.00 bits per heavy atom. The molecule has 72 valence electrons. The molecule has 1 aromatic rings. The van der Waals surface area contributed by atoms with E-state index >= 15 is 0 Å². The van der Waals surface area contributed by atoms with Gasteiger partial charge in [0.2, 0.25) is 0 Å². The summed E-state index contributed by atoms with van der Waals surface area (Å²) in [6.07, 6.45) is 1.68. The van der Waals surface area contributed by atoms with Gasteiger partial charge >= 0.3 is 0 Å². The second kappa shape index (κ2) is 3.64. The maximum absolute atomic E-state index is 8.74. The maximum atomic E-state index is 8.74. The van der Waals surface area contributed by atoms with Crippen LogP contribution in [-0.2, 0) is 0 Å². The van der Waals surface area contributed by atoms with E-state index in [1.165, 1.54) is 0 Å². The predicted octanol–water partition coefficient (Wildman–Crippen LogP) is 0.361. The van der Waals surface area contributed by atoms with Crippen molar-refractivity contribution in [3.05, 3.63) is 23.9 Å². The average molecular weight is 188 g/mol. The molecule has 1 aliphatic rings. The highest BCUT2D eigenvalue weighted by Gasteiger charge is 2.22. The van der Waals surface area contributed by atoms with Crippen LogP contribution in [0.2, 0.25) is 0 Å². The molecule has 1 fully saturated rings. The third-order valence-corrected chi connectivity index (χ3v) is 2.54. The lowest BCUT2D eigenvalue weighted by Gasteiger charge is -2.36. The van der Waals surface area contributed by atoms with Crippen LogP contribution in [0.1, 0.15) is 5.56 Å². The van der Waals surface area contributed by atoms with Crippen molar-refractivity contribution in [3.63, 3.8) is 0 Å². The van der Waals surface area contributed by atoms with E-state index < -0.39 is 0 Å². The van der Waals surface area contributed by atoms with E-state index in [0.29, 0.717) is 11.6 Å². The molecular weight excluding hydrogens is 176 g/mol. The summed E-state index contributed by atoms with van der Waals surface area (Å²) < 4.78 is 0. The van der Waals surface area contributed by atoms with Crippen molar-refractivity contribution in [2.24, 2.45) is 0 Å². The van der Waals surface area contributed by atoms with Gasteiger partial charge in [0, 0.05) is 26.3 Å². The fourth-order valence-electron chi connectivity index (χ4n) is 1.42. The molecule has 0 spiro atoms. The second-order valence-corrected chi connectivity index (χ2v) is 3.44. The Bertz CT molecular complexity index is 365. The van der Waals surface area contributed by atoms with Crippen LogP contribution in [0.3, 0.4) is 0 Å². The Morgan fingerprint density at radius 1 is 1.64 bits per heavy atom. The average Bonchev–Trinajstić information content (AvgIpc) is 2.15. The highest BCUT2D eigenvalue weighted by atomic mass is 15.2. The van der Waals surface area contributed by atoms with Gasteiger partial charge in [-0.1, -0.05) is 0 Å². The fourth-order valence-corrected chi connectivity index (χ4v) is 1.42. The summed E-state index contributed by atoms with van der Waals surface area (Å²) in [6.45, 7) is 1.99. The van der Waals surface area contributed by atoms with Crippen molar-refractivity contribution in [3.8, 4) is 6.07 Å². The molecule has 1 aliphatic heterocycles. The summed E-state index contributed by atoms with van der Waals surface area (Å²) in [7, 11) is 2.01. The summed E-state index contributed by atoms with van der Waals surface area (Å²) in [5, 5.41) is 12.0. The SMILES string of the molecule is CN(c1cc(C#N)ccn1)C1CNC1. The van der Waals surface area contributed by atoms with Crippen LogP contribution in [-0.4, -0.2) is 31.2 Å². The molecule has 2 heterocycles. The van der Waals surface area contributed by atoms with Gasteiger partial charge < -0.3 is 10.2 Å². The standard InChI is InChI=1S/C10H12N4/c1-14(9-6-12-7-9)10-4-8(5-11)2-3-13-10/h2-4,9,12H,6-7H2,1H3. The van der Waals surface area contributed by atoms with Crippen LogP contribution in [0, 0.1) is 11.3 Å². The first-order valence-corrected chi connectivity index (χ1v) is 4.61. The molecule has 0 saturated carbocycles. The van der Waals surface area contributed by atoms with Gasteiger partial charge in [-0.3, -0.25) is 0 Å². The number of anilines is 1. The monoisotopic (exact) mass is 188 g/mol. The van der Waals surface area contributed by atoms with Crippen molar-refractivity contribution < 1.29 is 0 Å². The normalized spacial score (nSPS) is 15.7. The highest BCUT2D eigenvalue weighted by molar-refractivity contribution is 5.45. The molecule has 4 heteroatoms. The van der Waals surface area contributed by atoms with E-state index in [4.69, 9.17) is 5.26 Å². The minimum absolute atomic E-state index is 0.511. The van der Waals surface area contributed by atoms with Crippen LogP contribution < -0.4 is 10.2 Å². The van der Waals surface area contributed by atoms with Crippen molar-refractivity contribution in [1.82, 2.24) is 10.3 Å². The van der Waals surface area contributed by atoms with Gasteiger partial charge in [-0.15, -0.1) is 0 Å². The quantitative estimate of drug-likeness (QED) is 0.728. The summed E-state index contributed by atoms with van der Waals surface area (Å²) in [5.74, 6) is 0.871. The topological polar surface area (TPSA) is 52.0 Å². The van der Waals surface area contributed by atoms with Crippen LogP contribution in [0.5, 0.6) is 0 Å². The molecule has 1 aromatic heterocycles. The lowest BCUT2D eigenvalue weighted by Crippen LogP contribution is -2.56. The smallest absolute Gasteiger partial charge is 0.129 e. The highest BCUT2D eigenvalue weighted by Crippen LogP contribution is 2.14. The minimum atomic E-state index is 0.511. The van der Waals surface area contributed by atoms with E-state index in [1.807, 2.05) is 13.1 Å². The van der Waals surface area contributed by atoms with Gasteiger partial charge in [0.25, 0.3) is 0 Å². The van der Waals surface area contributed by atoms with Crippen LogP contribution >= 0.6 is 0 Å². The minimum Gasteiger partial charge on any atom is -0.354 e. The van der Waals surface area contributed by atoms with Crippen LogP contribution in [0.15, 0.2) is 18.3 Å². The first kappa shape index (κ1) is 8.97. The summed E-state index contributed by atoms with van der Waals surface area (Å²) in [6, 6.07) is 6.16. The van der Waals surface area contributed by atoms with Gasteiger partial charge in [-0.05, 0) is 12.1 Å². The van der Waals surface area contributed by atoms with Gasteiger partial charge in [0.1, 0.15) is 5.82 Å². The molecule has 0 amide bonds. The number of rotatable bonds is 2. The van der Waals surface area contributed by atoms with E-state index in [9.17, 15) is 0 Å². The first-order valence-electron chi connectivity index (χ1n) is 4.61. The van der Waals surface area contributed by atoms with Crippen molar-refractivity contribution >= 4 is 5.82 Å². The van der Waals surface area contributed by atoms with Crippen molar-refractivity contribution in [2.75, 3.05) is 25.0 Å². The van der Waals surface area contributed by atoms with Gasteiger partial charge in [0.15, 0.2) is 0 Å². The zero-order chi connectivity index (χ0) is 9.97. The van der Waals surface area contributed by atoms with Crippen LogP contribution in [0.4, 0.5) is 5.82 Å². The lowest BCUT2D eigenvalue weighted by molar-refractivity contribution is 0.427. The number of nitrogens with zero attached hydrogens (tertiary/aromatic N) is 3. The van der Waals surface area contributed by atoms with Gasteiger partial charge in [-0.25, -0.2) is 4.98 Å². The van der Waals surface area contributed by atoms with E-state index in [1.54, 1.807) is 12.3 Å². The third kappa shape index (κ3) is 1.54. The molecule has 1 saturated heterocycles. The number of hydrogen-bond donors (Lipinski definition) is 1. The van der Waals surface area contributed by atoms with Gasteiger partial charge in [-0.2, -0.15) is 5.26 Å². The number of nitrogens with one attached hydrogen (secondary N) is 1. The second-order valence-electron chi connectivity index (χ2n) is 3.44. The molecule has 0 aliphatic carbocycles. The zero-order valence-electron chi connectivity index (χ0n) is 8.07. The van der Waals surface area contributed by atoms with E-state index in [0.717, 1.165) is 18.9 Å². The molecule has 1 N–H and O–H groups in total. The fraction of sp³-hybridized carbons (Fsp3) is 0.400. The first-order chi connectivity index (χ1) is 6.81. The Balaban J connectivity index is 2.18. The molecule has 0 unspecified atom stereocenters. The summed E-state index contributed by atoms with van der Waals surface area (Å²) in [5.41, 5.74) is 0.661. The third-order valence-electron chi connectivity index (χ3n) is 2.54. The maximum Gasteiger partial charge on any atom is 0.129 e.